The van der Waals surface area contributed by atoms with Crippen LogP contribution in [-0.2, 0) is 4.79 Å². The highest BCUT2D eigenvalue weighted by Crippen LogP contribution is 2.17. The molecule has 0 saturated carbocycles. The number of rotatable bonds is 4. The maximum absolute atomic E-state index is 11.6. The Morgan fingerprint density at radius 2 is 2.00 bits per heavy atom. The van der Waals surface area contributed by atoms with Gasteiger partial charge in [-0.2, -0.15) is 0 Å². The number of nitrogens with one attached hydrogen (secondary N) is 2. The van der Waals surface area contributed by atoms with Gasteiger partial charge in [0.2, 0.25) is 5.91 Å². The summed E-state index contributed by atoms with van der Waals surface area (Å²) >= 11 is 0. The largest absolute Gasteiger partial charge is 0.325 e. The first-order valence-corrected chi connectivity index (χ1v) is 5.60. The van der Waals surface area contributed by atoms with Crippen molar-refractivity contribution in [3.63, 3.8) is 0 Å². The van der Waals surface area contributed by atoms with Gasteiger partial charge in [-0.3, -0.25) is 4.79 Å². The second-order valence-corrected chi connectivity index (χ2v) is 4.33. The molecule has 0 spiro atoms. The first kappa shape index (κ1) is 12.7. The predicted octanol–water partition coefficient (Wildman–Crippen LogP) is 2.24. The Bertz CT molecular complexity index is 372. The van der Waals surface area contributed by atoms with Gasteiger partial charge in [-0.25, -0.2) is 0 Å². The van der Waals surface area contributed by atoms with E-state index in [1.807, 2.05) is 45.9 Å². The standard InChI is InChI=1S/C13H20N2O/c1-9(2)14-8-13(16)15-12-7-5-6-10(3)11(12)4/h5-7,9,14H,8H2,1-4H3,(H,15,16). The average Bonchev–Trinajstić information content (AvgIpc) is 2.22. The van der Waals surface area contributed by atoms with Crippen LogP contribution in [0.5, 0.6) is 0 Å². The summed E-state index contributed by atoms with van der Waals surface area (Å²) in [5, 5.41) is 5.99. The molecule has 2 N–H and O–H groups in total. The van der Waals surface area contributed by atoms with Gasteiger partial charge >= 0.3 is 0 Å². The Labute approximate surface area is 97.2 Å². The quantitative estimate of drug-likeness (QED) is 0.817. The molecule has 0 atom stereocenters. The molecule has 0 saturated heterocycles. The van der Waals surface area contributed by atoms with E-state index < -0.39 is 0 Å². The fraction of sp³-hybridized carbons (Fsp3) is 0.462. The normalized spacial score (nSPS) is 10.6. The SMILES string of the molecule is Cc1cccc(NC(=O)CNC(C)C)c1C. The predicted molar refractivity (Wildman–Crippen MR) is 67.7 cm³/mol. The van der Waals surface area contributed by atoms with E-state index in [0.717, 1.165) is 11.3 Å². The van der Waals surface area contributed by atoms with E-state index in [9.17, 15) is 4.79 Å². The van der Waals surface area contributed by atoms with Gasteiger partial charge in [0.05, 0.1) is 6.54 Å². The second-order valence-electron chi connectivity index (χ2n) is 4.33. The summed E-state index contributed by atoms with van der Waals surface area (Å²) in [5.74, 6) is 0.00222. The van der Waals surface area contributed by atoms with Crippen LogP contribution in [-0.4, -0.2) is 18.5 Å². The molecule has 0 radical (unpaired) electrons. The molecule has 0 fully saturated rings. The van der Waals surface area contributed by atoms with Crippen LogP contribution in [0.15, 0.2) is 18.2 Å². The van der Waals surface area contributed by atoms with Crippen LogP contribution in [0.2, 0.25) is 0 Å². The molecule has 16 heavy (non-hydrogen) atoms. The number of hydrogen-bond acceptors (Lipinski definition) is 2. The molecule has 1 rings (SSSR count). The smallest absolute Gasteiger partial charge is 0.238 e. The Morgan fingerprint density at radius 3 is 2.62 bits per heavy atom. The lowest BCUT2D eigenvalue weighted by Crippen LogP contribution is -2.32. The summed E-state index contributed by atoms with van der Waals surface area (Å²) in [6, 6.07) is 6.24. The van der Waals surface area contributed by atoms with Gasteiger partial charge in [-0.1, -0.05) is 26.0 Å². The summed E-state index contributed by atoms with van der Waals surface area (Å²) in [6.45, 7) is 8.44. The van der Waals surface area contributed by atoms with Gasteiger partial charge < -0.3 is 10.6 Å². The summed E-state index contributed by atoms with van der Waals surface area (Å²) < 4.78 is 0. The van der Waals surface area contributed by atoms with E-state index in [2.05, 4.69) is 10.6 Å². The van der Waals surface area contributed by atoms with Gasteiger partial charge in [0.15, 0.2) is 0 Å². The number of anilines is 1. The topological polar surface area (TPSA) is 41.1 Å². The van der Waals surface area contributed by atoms with Gasteiger partial charge in [-0.05, 0) is 31.0 Å². The highest BCUT2D eigenvalue weighted by molar-refractivity contribution is 5.93. The third kappa shape index (κ3) is 3.66. The molecule has 1 amide bonds. The summed E-state index contributed by atoms with van der Waals surface area (Å²) in [5.41, 5.74) is 3.21. The molecule has 1 aromatic carbocycles. The molecule has 0 aliphatic rings. The molecule has 0 unspecified atom stereocenters. The molecule has 1 aromatic rings. The molecule has 0 bridgehead atoms. The van der Waals surface area contributed by atoms with E-state index >= 15 is 0 Å². The van der Waals surface area contributed by atoms with E-state index in [1.54, 1.807) is 0 Å². The minimum absolute atomic E-state index is 0.00222. The Kier molecular flexibility index (Phi) is 4.50. The van der Waals surface area contributed by atoms with Gasteiger partial charge in [-0.15, -0.1) is 0 Å². The Morgan fingerprint density at radius 1 is 1.31 bits per heavy atom. The maximum atomic E-state index is 11.6. The van der Waals surface area contributed by atoms with Crippen molar-refractivity contribution in [2.45, 2.75) is 33.7 Å². The van der Waals surface area contributed by atoms with Crippen molar-refractivity contribution in [2.24, 2.45) is 0 Å². The van der Waals surface area contributed by atoms with Crippen molar-refractivity contribution in [3.05, 3.63) is 29.3 Å². The zero-order valence-corrected chi connectivity index (χ0v) is 10.4. The van der Waals surface area contributed by atoms with E-state index in [1.165, 1.54) is 5.56 Å². The van der Waals surface area contributed by atoms with Crippen LogP contribution < -0.4 is 10.6 Å². The van der Waals surface area contributed by atoms with Crippen molar-refractivity contribution in [1.29, 1.82) is 0 Å². The second kappa shape index (κ2) is 5.66. The van der Waals surface area contributed by atoms with Gasteiger partial charge in [0, 0.05) is 11.7 Å². The van der Waals surface area contributed by atoms with Crippen molar-refractivity contribution >= 4 is 11.6 Å². The van der Waals surface area contributed by atoms with E-state index in [-0.39, 0.29) is 5.91 Å². The third-order valence-electron chi connectivity index (χ3n) is 2.55. The molecule has 3 nitrogen and oxygen atoms in total. The van der Waals surface area contributed by atoms with Crippen LogP contribution in [0, 0.1) is 13.8 Å². The molecule has 0 aliphatic heterocycles. The van der Waals surface area contributed by atoms with Crippen molar-refractivity contribution in [2.75, 3.05) is 11.9 Å². The number of carbonyl (C=O) groups is 1. The lowest BCUT2D eigenvalue weighted by molar-refractivity contribution is -0.115. The van der Waals surface area contributed by atoms with Crippen molar-refractivity contribution in [1.82, 2.24) is 5.32 Å². The van der Waals surface area contributed by atoms with E-state index in [0.29, 0.717) is 12.6 Å². The number of carbonyl (C=O) groups excluding carboxylic acids is 1. The molecule has 3 heteroatoms. The molecule has 88 valence electrons. The number of hydrogen-bond donors (Lipinski definition) is 2. The molecule has 0 aliphatic carbocycles. The highest BCUT2D eigenvalue weighted by atomic mass is 16.1. The zero-order chi connectivity index (χ0) is 12.1. The first-order chi connectivity index (χ1) is 7.50. The molecular formula is C13H20N2O. The Hall–Kier alpha value is -1.35. The fourth-order valence-corrected chi connectivity index (χ4v) is 1.38. The number of benzene rings is 1. The maximum Gasteiger partial charge on any atom is 0.238 e. The fourth-order valence-electron chi connectivity index (χ4n) is 1.38. The summed E-state index contributed by atoms with van der Waals surface area (Å²) in [6.07, 6.45) is 0. The average molecular weight is 220 g/mol. The molecule has 0 heterocycles. The van der Waals surface area contributed by atoms with Crippen LogP contribution >= 0.6 is 0 Å². The lowest BCUT2D eigenvalue weighted by atomic mass is 10.1. The summed E-state index contributed by atoms with van der Waals surface area (Å²) in [7, 11) is 0. The van der Waals surface area contributed by atoms with E-state index in [4.69, 9.17) is 0 Å². The van der Waals surface area contributed by atoms with Crippen molar-refractivity contribution in [3.8, 4) is 0 Å². The van der Waals surface area contributed by atoms with Crippen LogP contribution in [0.4, 0.5) is 5.69 Å². The van der Waals surface area contributed by atoms with Gasteiger partial charge in [0.1, 0.15) is 0 Å². The number of aryl methyl sites for hydroxylation is 1. The van der Waals surface area contributed by atoms with Gasteiger partial charge in [0.25, 0.3) is 0 Å². The number of amides is 1. The van der Waals surface area contributed by atoms with Crippen molar-refractivity contribution < 1.29 is 4.79 Å². The summed E-state index contributed by atoms with van der Waals surface area (Å²) in [4.78, 5) is 11.6. The van der Waals surface area contributed by atoms with Crippen LogP contribution in [0.3, 0.4) is 0 Å². The van der Waals surface area contributed by atoms with Crippen LogP contribution in [0.25, 0.3) is 0 Å². The monoisotopic (exact) mass is 220 g/mol. The first-order valence-electron chi connectivity index (χ1n) is 5.60. The molecule has 0 aromatic heterocycles. The van der Waals surface area contributed by atoms with Crippen LogP contribution in [0.1, 0.15) is 25.0 Å². The molecular weight excluding hydrogens is 200 g/mol. The third-order valence-corrected chi connectivity index (χ3v) is 2.55. The zero-order valence-electron chi connectivity index (χ0n) is 10.4. The Balaban J connectivity index is 2.59. The highest BCUT2D eigenvalue weighted by Gasteiger charge is 2.05. The minimum atomic E-state index is 0.00222. The minimum Gasteiger partial charge on any atom is -0.325 e. The lowest BCUT2D eigenvalue weighted by Gasteiger charge is -2.12.